The molecule has 1 aliphatic heterocycles. The van der Waals surface area contributed by atoms with Gasteiger partial charge in [0, 0.05) is 33.9 Å². The number of anilines is 1. The lowest BCUT2D eigenvalue weighted by atomic mass is 10.2. The summed E-state index contributed by atoms with van der Waals surface area (Å²) >= 11 is 16.2. The van der Waals surface area contributed by atoms with Gasteiger partial charge in [0.15, 0.2) is 23.0 Å². The molecule has 4 rings (SSSR count). The zero-order chi connectivity index (χ0) is 22.5. The van der Waals surface area contributed by atoms with Crippen LogP contribution >= 0.6 is 39.1 Å². The lowest BCUT2D eigenvalue weighted by Gasteiger charge is -2.19. The number of hydrogen-bond donors (Lipinski definition) is 1. The van der Waals surface area contributed by atoms with Crippen molar-refractivity contribution < 1.29 is 18.9 Å². The van der Waals surface area contributed by atoms with Crippen molar-refractivity contribution in [3.8, 4) is 23.0 Å². The first-order chi connectivity index (χ1) is 15.5. The number of hydrogen-bond acceptors (Lipinski definition) is 5. The van der Waals surface area contributed by atoms with E-state index >= 15 is 0 Å². The van der Waals surface area contributed by atoms with Gasteiger partial charge in [-0.1, -0.05) is 29.3 Å². The molecule has 1 aliphatic rings. The summed E-state index contributed by atoms with van der Waals surface area (Å²) in [5.41, 5.74) is 2.70. The molecule has 0 aromatic heterocycles. The largest absolute Gasteiger partial charge is 0.490 e. The molecule has 32 heavy (non-hydrogen) atoms. The summed E-state index contributed by atoms with van der Waals surface area (Å²) in [6, 6.07) is 15.2. The second-order valence-corrected chi connectivity index (χ2v) is 8.71. The maximum absolute atomic E-state index is 6.27. The standard InChI is InChI=1S/C24H22BrCl2NO4/c1-2-29-23-11-15(13-28-16-6-7-21-22(12-16)31-9-8-30-21)10-18(25)24(23)32-14-17-19(26)4-3-5-20(17)27/h3-7,10-12,28H,2,8-9,13-14H2,1H3. The van der Waals surface area contributed by atoms with E-state index in [1.807, 2.05) is 37.3 Å². The minimum absolute atomic E-state index is 0.228. The molecule has 3 aromatic rings. The fourth-order valence-corrected chi connectivity index (χ4v) is 4.41. The lowest BCUT2D eigenvalue weighted by molar-refractivity contribution is 0.171. The van der Waals surface area contributed by atoms with Gasteiger partial charge in [0.2, 0.25) is 0 Å². The first kappa shape index (κ1) is 22.9. The predicted octanol–water partition coefficient (Wildman–Crippen LogP) is 7.12. The summed E-state index contributed by atoms with van der Waals surface area (Å²) in [6.45, 7) is 4.39. The van der Waals surface area contributed by atoms with E-state index in [2.05, 4.69) is 21.2 Å². The van der Waals surface area contributed by atoms with Crippen molar-refractivity contribution in [2.75, 3.05) is 25.1 Å². The molecular formula is C24H22BrCl2NO4. The molecular weight excluding hydrogens is 517 g/mol. The van der Waals surface area contributed by atoms with E-state index in [1.165, 1.54) is 0 Å². The average molecular weight is 539 g/mol. The third-order valence-corrected chi connectivity index (χ3v) is 6.13. The number of fused-ring (bicyclic) bond motifs is 1. The van der Waals surface area contributed by atoms with Crippen LogP contribution in [0.2, 0.25) is 10.0 Å². The van der Waals surface area contributed by atoms with Crippen molar-refractivity contribution in [1.82, 2.24) is 0 Å². The molecule has 3 aromatic carbocycles. The highest BCUT2D eigenvalue weighted by molar-refractivity contribution is 9.10. The molecule has 0 saturated carbocycles. The van der Waals surface area contributed by atoms with Crippen molar-refractivity contribution in [3.05, 3.63) is 74.2 Å². The Kier molecular flexibility index (Phi) is 7.55. The van der Waals surface area contributed by atoms with Crippen LogP contribution in [0.25, 0.3) is 0 Å². The van der Waals surface area contributed by atoms with Gasteiger partial charge >= 0.3 is 0 Å². The summed E-state index contributed by atoms with van der Waals surface area (Å²) in [4.78, 5) is 0. The average Bonchev–Trinajstić information content (AvgIpc) is 2.79. The topological polar surface area (TPSA) is 49.0 Å². The van der Waals surface area contributed by atoms with Gasteiger partial charge in [-0.05, 0) is 64.8 Å². The van der Waals surface area contributed by atoms with Crippen molar-refractivity contribution >= 4 is 44.8 Å². The van der Waals surface area contributed by atoms with Gasteiger partial charge in [-0.3, -0.25) is 0 Å². The van der Waals surface area contributed by atoms with Crippen LogP contribution in [0.5, 0.6) is 23.0 Å². The normalized spacial score (nSPS) is 12.4. The molecule has 0 bridgehead atoms. The fraction of sp³-hybridized carbons (Fsp3) is 0.250. The Hall–Kier alpha value is -2.28. The number of nitrogens with one attached hydrogen (secondary N) is 1. The third kappa shape index (κ3) is 5.37. The highest BCUT2D eigenvalue weighted by Crippen LogP contribution is 2.39. The highest BCUT2D eigenvalue weighted by atomic mass is 79.9. The van der Waals surface area contributed by atoms with Gasteiger partial charge in [-0.2, -0.15) is 0 Å². The summed E-state index contributed by atoms with van der Waals surface area (Å²) < 4.78 is 23.9. The van der Waals surface area contributed by atoms with Crippen LogP contribution in [0.3, 0.4) is 0 Å². The molecule has 0 atom stereocenters. The molecule has 168 valence electrons. The van der Waals surface area contributed by atoms with E-state index in [0.717, 1.165) is 32.8 Å². The van der Waals surface area contributed by atoms with E-state index in [-0.39, 0.29) is 6.61 Å². The van der Waals surface area contributed by atoms with E-state index in [4.69, 9.17) is 42.1 Å². The quantitative estimate of drug-likeness (QED) is 0.331. The molecule has 0 saturated heterocycles. The van der Waals surface area contributed by atoms with Gasteiger partial charge in [0.05, 0.1) is 11.1 Å². The zero-order valence-electron chi connectivity index (χ0n) is 17.4. The van der Waals surface area contributed by atoms with Crippen molar-refractivity contribution in [3.63, 3.8) is 0 Å². The summed E-state index contributed by atoms with van der Waals surface area (Å²) in [5, 5.41) is 4.54. The molecule has 0 unspecified atom stereocenters. The minimum atomic E-state index is 0.228. The van der Waals surface area contributed by atoms with Gasteiger partial charge in [0.1, 0.15) is 19.8 Å². The maximum atomic E-state index is 6.27. The first-order valence-corrected chi connectivity index (χ1v) is 11.7. The second-order valence-electron chi connectivity index (χ2n) is 7.04. The molecule has 0 fully saturated rings. The van der Waals surface area contributed by atoms with Gasteiger partial charge in [-0.25, -0.2) is 0 Å². The van der Waals surface area contributed by atoms with Crippen LogP contribution in [-0.2, 0) is 13.2 Å². The Labute approximate surface area is 205 Å². The van der Waals surface area contributed by atoms with Crippen LogP contribution < -0.4 is 24.3 Å². The first-order valence-electron chi connectivity index (χ1n) is 10.2. The summed E-state index contributed by atoms with van der Waals surface area (Å²) in [7, 11) is 0. The molecule has 1 heterocycles. The highest BCUT2D eigenvalue weighted by Gasteiger charge is 2.15. The zero-order valence-corrected chi connectivity index (χ0v) is 20.5. The summed E-state index contributed by atoms with van der Waals surface area (Å²) in [5.74, 6) is 2.76. The third-order valence-electron chi connectivity index (χ3n) is 4.83. The van der Waals surface area contributed by atoms with Gasteiger partial charge in [-0.15, -0.1) is 0 Å². The minimum Gasteiger partial charge on any atom is -0.490 e. The van der Waals surface area contributed by atoms with Crippen LogP contribution in [-0.4, -0.2) is 19.8 Å². The molecule has 0 amide bonds. The van der Waals surface area contributed by atoms with Crippen molar-refractivity contribution in [1.29, 1.82) is 0 Å². The summed E-state index contributed by atoms with van der Waals surface area (Å²) in [6.07, 6.45) is 0. The van der Waals surface area contributed by atoms with Crippen LogP contribution in [0.4, 0.5) is 5.69 Å². The van der Waals surface area contributed by atoms with Crippen LogP contribution in [0.1, 0.15) is 18.1 Å². The van der Waals surface area contributed by atoms with Crippen LogP contribution in [0, 0.1) is 0 Å². The van der Waals surface area contributed by atoms with E-state index in [0.29, 0.717) is 47.9 Å². The van der Waals surface area contributed by atoms with E-state index in [1.54, 1.807) is 18.2 Å². The molecule has 0 radical (unpaired) electrons. The van der Waals surface area contributed by atoms with Crippen molar-refractivity contribution in [2.45, 2.75) is 20.1 Å². The lowest BCUT2D eigenvalue weighted by Crippen LogP contribution is -2.15. The molecule has 0 spiro atoms. The number of ether oxygens (including phenoxy) is 4. The van der Waals surface area contributed by atoms with E-state index < -0.39 is 0 Å². The Morgan fingerprint density at radius 1 is 0.969 bits per heavy atom. The second kappa shape index (κ2) is 10.6. The fourth-order valence-electron chi connectivity index (χ4n) is 3.30. The SMILES string of the molecule is CCOc1cc(CNc2ccc3c(c2)OCCO3)cc(Br)c1OCc1c(Cl)cccc1Cl. The Balaban J connectivity index is 1.49. The molecule has 1 N–H and O–H groups in total. The number of rotatable bonds is 8. The predicted molar refractivity (Wildman–Crippen MR) is 131 cm³/mol. The molecule has 0 aliphatic carbocycles. The van der Waals surface area contributed by atoms with Gasteiger partial charge < -0.3 is 24.3 Å². The Bertz CT molecular complexity index is 1090. The van der Waals surface area contributed by atoms with E-state index in [9.17, 15) is 0 Å². The van der Waals surface area contributed by atoms with Gasteiger partial charge in [0.25, 0.3) is 0 Å². The smallest absolute Gasteiger partial charge is 0.175 e. The Morgan fingerprint density at radius 3 is 2.47 bits per heavy atom. The Morgan fingerprint density at radius 2 is 1.72 bits per heavy atom. The van der Waals surface area contributed by atoms with Crippen molar-refractivity contribution in [2.24, 2.45) is 0 Å². The maximum Gasteiger partial charge on any atom is 0.175 e. The molecule has 8 heteroatoms. The van der Waals surface area contributed by atoms with Crippen LogP contribution in [0.15, 0.2) is 53.0 Å². The molecule has 5 nitrogen and oxygen atoms in total. The number of benzene rings is 3. The monoisotopic (exact) mass is 537 g/mol. The number of halogens is 3.